The van der Waals surface area contributed by atoms with Crippen LogP contribution in [0.5, 0.6) is 5.88 Å². The van der Waals surface area contributed by atoms with E-state index in [9.17, 15) is 0 Å². The third-order valence-electron chi connectivity index (χ3n) is 3.80. The van der Waals surface area contributed by atoms with E-state index in [1.807, 2.05) is 17.5 Å². The van der Waals surface area contributed by atoms with Gasteiger partial charge in [0.1, 0.15) is 11.9 Å². The summed E-state index contributed by atoms with van der Waals surface area (Å²) in [7, 11) is 0. The molecule has 0 saturated heterocycles. The zero-order valence-corrected chi connectivity index (χ0v) is 11.0. The molecule has 0 amide bonds. The second kappa shape index (κ2) is 5.13. The van der Waals surface area contributed by atoms with Gasteiger partial charge in [-0.15, -0.1) is 10.2 Å². The smallest absolute Gasteiger partial charge is 0.260 e. The Balaban J connectivity index is 1.75. The molecule has 3 rings (SSSR count). The summed E-state index contributed by atoms with van der Waals surface area (Å²) in [4.78, 5) is 4.26. The van der Waals surface area contributed by atoms with Gasteiger partial charge in [0, 0.05) is 19.0 Å². The van der Waals surface area contributed by atoms with Crippen LogP contribution < -0.4 is 4.74 Å². The Morgan fingerprint density at radius 1 is 1.32 bits per heavy atom. The van der Waals surface area contributed by atoms with Gasteiger partial charge >= 0.3 is 0 Å². The Morgan fingerprint density at radius 2 is 2.11 bits per heavy atom. The van der Waals surface area contributed by atoms with E-state index in [2.05, 4.69) is 15.2 Å². The average Bonchev–Trinajstić information content (AvgIpc) is 2.83. The van der Waals surface area contributed by atoms with Gasteiger partial charge in [0.2, 0.25) is 5.65 Å². The molecule has 2 heterocycles. The van der Waals surface area contributed by atoms with Crippen molar-refractivity contribution in [2.24, 2.45) is 5.92 Å². The van der Waals surface area contributed by atoms with Crippen molar-refractivity contribution in [3.05, 3.63) is 18.2 Å². The van der Waals surface area contributed by atoms with Gasteiger partial charge in [0.15, 0.2) is 0 Å². The number of nitrogens with zero attached hydrogens (tertiary/aromatic N) is 4. The zero-order valence-electron chi connectivity index (χ0n) is 11.0. The number of ether oxygens (including phenoxy) is 1. The lowest BCUT2D eigenvalue weighted by Crippen LogP contribution is -2.26. The molecular weight excluding hydrogens is 244 g/mol. The average molecular weight is 262 g/mol. The fourth-order valence-corrected chi connectivity index (χ4v) is 2.59. The van der Waals surface area contributed by atoms with Crippen molar-refractivity contribution in [1.82, 2.24) is 19.6 Å². The lowest BCUT2D eigenvalue weighted by molar-refractivity contribution is 0.101. The summed E-state index contributed by atoms with van der Waals surface area (Å²) in [5, 5.41) is 17.3. The molecule has 0 unspecified atom stereocenters. The lowest BCUT2D eigenvalue weighted by atomic mass is 9.88. The molecule has 0 aliphatic heterocycles. The van der Waals surface area contributed by atoms with E-state index in [-0.39, 0.29) is 12.7 Å². The van der Waals surface area contributed by atoms with Crippen LogP contribution in [0.4, 0.5) is 0 Å². The van der Waals surface area contributed by atoms with Crippen molar-refractivity contribution in [1.29, 1.82) is 0 Å². The third kappa shape index (κ3) is 2.40. The molecular formula is C13H18N4O2. The summed E-state index contributed by atoms with van der Waals surface area (Å²) in [5.74, 6) is 1.81. The Morgan fingerprint density at radius 3 is 2.84 bits per heavy atom. The number of aliphatic hydroxyl groups is 1. The quantitative estimate of drug-likeness (QED) is 0.904. The van der Waals surface area contributed by atoms with Crippen molar-refractivity contribution >= 4 is 5.65 Å². The highest BCUT2D eigenvalue weighted by molar-refractivity contribution is 5.48. The van der Waals surface area contributed by atoms with Crippen LogP contribution in [0, 0.1) is 12.8 Å². The molecule has 2 aromatic rings. The van der Waals surface area contributed by atoms with Crippen LogP contribution in [0.25, 0.3) is 5.65 Å². The minimum atomic E-state index is 0.165. The molecule has 19 heavy (non-hydrogen) atoms. The van der Waals surface area contributed by atoms with Gasteiger partial charge in [-0.05, 0) is 38.5 Å². The van der Waals surface area contributed by atoms with Gasteiger partial charge in [-0.25, -0.2) is 4.98 Å². The number of aliphatic hydroxyl groups excluding tert-OH is 1. The van der Waals surface area contributed by atoms with Crippen molar-refractivity contribution in [2.75, 3.05) is 6.61 Å². The molecule has 1 saturated carbocycles. The Bertz CT molecular complexity index is 561. The van der Waals surface area contributed by atoms with Crippen LogP contribution in [0.15, 0.2) is 12.4 Å². The summed E-state index contributed by atoms with van der Waals surface area (Å²) in [6.07, 6.45) is 7.64. The zero-order chi connectivity index (χ0) is 13.2. The van der Waals surface area contributed by atoms with Gasteiger partial charge < -0.3 is 9.84 Å². The topological polar surface area (TPSA) is 72.5 Å². The summed E-state index contributed by atoms with van der Waals surface area (Å²) in [5.41, 5.74) is 0.671. The molecule has 1 fully saturated rings. The van der Waals surface area contributed by atoms with E-state index < -0.39 is 0 Å². The molecule has 0 radical (unpaired) electrons. The van der Waals surface area contributed by atoms with Crippen LogP contribution in [0.1, 0.15) is 31.5 Å². The Hall–Kier alpha value is -1.69. The first kappa shape index (κ1) is 12.3. The highest BCUT2D eigenvalue weighted by Gasteiger charge is 2.23. The summed E-state index contributed by atoms with van der Waals surface area (Å²) >= 11 is 0. The number of hydrogen-bond acceptors (Lipinski definition) is 5. The van der Waals surface area contributed by atoms with E-state index in [1.54, 1.807) is 6.20 Å². The Labute approximate surface area is 111 Å². The van der Waals surface area contributed by atoms with Gasteiger partial charge in [0.25, 0.3) is 5.88 Å². The van der Waals surface area contributed by atoms with Crippen LogP contribution in [-0.2, 0) is 0 Å². The molecule has 1 aliphatic rings. The third-order valence-corrected chi connectivity index (χ3v) is 3.80. The van der Waals surface area contributed by atoms with Crippen molar-refractivity contribution in [3.8, 4) is 5.88 Å². The molecule has 1 N–H and O–H groups in total. The number of aromatic nitrogens is 4. The predicted molar refractivity (Wildman–Crippen MR) is 69.0 cm³/mol. The highest BCUT2D eigenvalue weighted by Crippen LogP contribution is 2.27. The molecule has 0 bridgehead atoms. The first-order valence-corrected chi connectivity index (χ1v) is 6.72. The van der Waals surface area contributed by atoms with Crippen LogP contribution >= 0.6 is 0 Å². The maximum Gasteiger partial charge on any atom is 0.260 e. The maximum atomic E-state index is 9.14. The number of rotatable bonds is 3. The van der Waals surface area contributed by atoms with Gasteiger partial charge in [0.05, 0.1) is 0 Å². The molecule has 0 spiro atoms. The second-order valence-electron chi connectivity index (χ2n) is 5.12. The first-order chi connectivity index (χ1) is 9.28. The molecule has 6 nitrogen and oxygen atoms in total. The minimum Gasteiger partial charge on any atom is -0.472 e. The van der Waals surface area contributed by atoms with Gasteiger partial charge in [-0.1, -0.05) is 0 Å². The number of aryl methyl sites for hydroxylation is 1. The van der Waals surface area contributed by atoms with E-state index >= 15 is 0 Å². The largest absolute Gasteiger partial charge is 0.472 e. The summed E-state index contributed by atoms with van der Waals surface area (Å²) < 4.78 is 7.84. The van der Waals surface area contributed by atoms with Crippen molar-refractivity contribution < 1.29 is 9.84 Å². The number of fused-ring (bicyclic) bond motifs is 1. The molecule has 2 aromatic heterocycles. The van der Waals surface area contributed by atoms with Crippen LogP contribution in [0.3, 0.4) is 0 Å². The molecule has 6 heteroatoms. The first-order valence-electron chi connectivity index (χ1n) is 6.72. The number of hydrogen-bond donors (Lipinski definition) is 1. The predicted octanol–water partition coefficient (Wildman–Crippen LogP) is 1.36. The SMILES string of the molecule is Cc1nnc2c(OC3CCC(CO)CC3)nccn12. The molecule has 102 valence electrons. The summed E-state index contributed by atoms with van der Waals surface area (Å²) in [6, 6.07) is 0. The molecule has 0 atom stereocenters. The normalized spacial score (nSPS) is 23.7. The van der Waals surface area contributed by atoms with E-state index in [4.69, 9.17) is 9.84 Å². The summed E-state index contributed by atoms with van der Waals surface area (Å²) in [6.45, 7) is 2.18. The van der Waals surface area contributed by atoms with Gasteiger partial charge in [-0.2, -0.15) is 0 Å². The van der Waals surface area contributed by atoms with Gasteiger partial charge in [-0.3, -0.25) is 4.40 Å². The Kier molecular flexibility index (Phi) is 3.33. The lowest BCUT2D eigenvalue weighted by Gasteiger charge is -2.27. The monoisotopic (exact) mass is 262 g/mol. The van der Waals surface area contributed by atoms with E-state index in [1.165, 1.54) is 0 Å². The van der Waals surface area contributed by atoms with Crippen molar-refractivity contribution in [2.45, 2.75) is 38.7 Å². The standard InChI is InChI=1S/C13H18N4O2/c1-9-15-16-12-13(14-6-7-17(9)12)19-11-4-2-10(8-18)3-5-11/h6-7,10-11,18H,2-5,8H2,1H3. The molecule has 0 aromatic carbocycles. The van der Waals surface area contributed by atoms with Crippen molar-refractivity contribution in [3.63, 3.8) is 0 Å². The molecule has 1 aliphatic carbocycles. The maximum absolute atomic E-state index is 9.14. The van der Waals surface area contributed by atoms with Crippen LogP contribution in [0.2, 0.25) is 0 Å². The van der Waals surface area contributed by atoms with E-state index in [0.29, 0.717) is 17.4 Å². The second-order valence-corrected chi connectivity index (χ2v) is 5.12. The van der Waals surface area contributed by atoms with E-state index in [0.717, 1.165) is 31.5 Å². The fourth-order valence-electron chi connectivity index (χ4n) is 2.59. The minimum absolute atomic E-state index is 0.165. The highest BCUT2D eigenvalue weighted by atomic mass is 16.5. The van der Waals surface area contributed by atoms with Crippen LogP contribution in [-0.4, -0.2) is 37.4 Å². The fraction of sp³-hybridized carbons (Fsp3) is 0.615.